The van der Waals surface area contributed by atoms with Gasteiger partial charge in [0.05, 0.1) is 11.9 Å². The summed E-state index contributed by atoms with van der Waals surface area (Å²) in [5.41, 5.74) is 4.18. The van der Waals surface area contributed by atoms with E-state index in [9.17, 15) is 5.11 Å². The van der Waals surface area contributed by atoms with E-state index in [2.05, 4.69) is 37.4 Å². The van der Waals surface area contributed by atoms with Crippen molar-refractivity contribution in [1.82, 2.24) is 29.9 Å². The van der Waals surface area contributed by atoms with E-state index in [-0.39, 0.29) is 5.75 Å². The molecule has 2 bridgehead atoms. The first-order valence-electron chi connectivity index (χ1n) is 10.6. The van der Waals surface area contributed by atoms with Gasteiger partial charge < -0.3 is 15.0 Å². The van der Waals surface area contributed by atoms with Crippen molar-refractivity contribution in [3.8, 4) is 28.1 Å². The molecule has 0 amide bonds. The average Bonchev–Trinajstić information content (AvgIpc) is 3.45. The fraction of sp³-hybridized carbons (Fsp3) is 0.348. The minimum absolute atomic E-state index is 0.194. The monoisotopic (exact) mass is 400 g/mol. The van der Waals surface area contributed by atoms with E-state index < -0.39 is 0 Å². The van der Waals surface area contributed by atoms with Crippen molar-refractivity contribution in [3.05, 3.63) is 48.9 Å². The number of aryl methyl sites for hydroxylation is 1. The highest BCUT2D eigenvalue weighted by atomic mass is 16.3. The molecule has 6 rings (SSSR count). The van der Waals surface area contributed by atoms with Gasteiger partial charge in [0.1, 0.15) is 5.75 Å². The number of nitrogens with one attached hydrogen (secondary N) is 1. The summed E-state index contributed by atoms with van der Waals surface area (Å²) in [5, 5.41) is 28.6. The zero-order chi connectivity index (χ0) is 20.2. The Morgan fingerprint density at radius 3 is 2.60 bits per heavy atom. The molecule has 7 nitrogen and oxygen atoms in total. The molecule has 4 aromatic rings. The molecule has 2 aliphatic rings. The molecule has 1 aromatic carbocycles. The predicted octanol–water partition coefficient (Wildman–Crippen LogP) is 3.66. The summed E-state index contributed by atoms with van der Waals surface area (Å²) in [6, 6.07) is 11.5. The number of phenols is 1. The van der Waals surface area contributed by atoms with Gasteiger partial charge in [0.25, 0.3) is 0 Å². The quantitative estimate of drug-likeness (QED) is 0.549. The fourth-order valence-electron chi connectivity index (χ4n) is 5.13. The van der Waals surface area contributed by atoms with E-state index in [0.717, 1.165) is 35.0 Å². The largest absolute Gasteiger partial charge is 0.507 e. The Bertz CT molecular complexity index is 1230. The minimum Gasteiger partial charge on any atom is -0.507 e. The molecule has 2 saturated heterocycles. The normalized spacial score (nSPS) is 23.3. The van der Waals surface area contributed by atoms with E-state index in [1.54, 1.807) is 16.9 Å². The van der Waals surface area contributed by atoms with Crippen LogP contribution in [0.4, 0.5) is 0 Å². The molecule has 0 unspecified atom stereocenters. The summed E-state index contributed by atoms with van der Waals surface area (Å²) in [5.74, 6) is 0.194. The number of rotatable bonds is 3. The summed E-state index contributed by atoms with van der Waals surface area (Å²) in [7, 11) is 1.88. The van der Waals surface area contributed by atoms with Crippen LogP contribution in [0.5, 0.6) is 5.75 Å². The van der Waals surface area contributed by atoms with Crippen LogP contribution < -0.4 is 5.32 Å². The molecule has 7 heteroatoms. The van der Waals surface area contributed by atoms with E-state index in [4.69, 9.17) is 0 Å². The van der Waals surface area contributed by atoms with Crippen molar-refractivity contribution >= 4 is 11.0 Å². The SMILES string of the molecule is Cn1cc(-c2ccc(-c3cc4ccn([C@@H]5C[C@H]6CC[C@@H](C5)N6)c4nn3)c(O)c2)cn1. The number of benzene rings is 1. The number of aromatic nitrogens is 5. The van der Waals surface area contributed by atoms with Crippen LogP contribution in [0.15, 0.2) is 48.9 Å². The van der Waals surface area contributed by atoms with Crippen LogP contribution in [-0.4, -0.2) is 41.7 Å². The van der Waals surface area contributed by atoms with Crippen molar-refractivity contribution in [3.63, 3.8) is 0 Å². The maximum Gasteiger partial charge on any atom is 0.162 e. The summed E-state index contributed by atoms with van der Waals surface area (Å²) >= 11 is 0. The van der Waals surface area contributed by atoms with Crippen molar-refractivity contribution in [2.75, 3.05) is 0 Å². The molecule has 2 aliphatic heterocycles. The molecule has 2 fully saturated rings. The number of hydrogen-bond acceptors (Lipinski definition) is 5. The van der Waals surface area contributed by atoms with Crippen molar-refractivity contribution in [1.29, 1.82) is 0 Å². The van der Waals surface area contributed by atoms with E-state index in [1.807, 2.05) is 31.4 Å². The highest BCUT2D eigenvalue weighted by Gasteiger charge is 2.34. The predicted molar refractivity (Wildman–Crippen MR) is 115 cm³/mol. The third kappa shape index (κ3) is 2.89. The Kier molecular flexibility index (Phi) is 3.92. The Morgan fingerprint density at radius 2 is 1.87 bits per heavy atom. The molecule has 0 saturated carbocycles. The van der Waals surface area contributed by atoms with E-state index in [1.165, 1.54) is 12.8 Å². The smallest absolute Gasteiger partial charge is 0.162 e. The number of phenolic OH excluding ortho intramolecular Hbond substituents is 1. The second-order valence-corrected chi connectivity index (χ2v) is 8.63. The molecule has 2 N–H and O–H groups in total. The van der Waals surface area contributed by atoms with Crippen molar-refractivity contribution < 1.29 is 5.11 Å². The van der Waals surface area contributed by atoms with Gasteiger partial charge in [-0.1, -0.05) is 6.07 Å². The second kappa shape index (κ2) is 6.67. The maximum absolute atomic E-state index is 10.7. The molecule has 5 heterocycles. The van der Waals surface area contributed by atoms with Crippen LogP contribution >= 0.6 is 0 Å². The summed E-state index contributed by atoms with van der Waals surface area (Å²) < 4.78 is 4.04. The van der Waals surface area contributed by atoms with Crippen molar-refractivity contribution in [2.24, 2.45) is 7.05 Å². The van der Waals surface area contributed by atoms with Gasteiger partial charge in [-0.15, -0.1) is 10.2 Å². The standard InChI is InChI=1S/C23H24N6O/c1-28-13-16(12-24-28)14-2-5-20(22(30)9-14)21-8-15-6-7-29(23(15)27-26-21)19-10-17-3-4-18(11-19)25-17/h2,5-9,12-13,17-19,25,30H,3-4,10-11H2,1H3/t17-,18+,19-. The average molecular weight is 400 g/mol. The third-order valence-electron chi connectivity index (χ3n) is 6.62. The van der Waals surface area contributed by atoms with E-state index >= 15 is 0 Å². The lowest BCUT2D eigenvalue weighted by Gasteiger charge is -2.30. The van der Waals surface area contributed by atoms with Crippen LogP contribution in [0.2, 0.25) is 0 Å². The molecule has 152 valence electrons. The number of nitrogens with zero attached hydrogens (tertiary/aromatic N) is 5. The lowest BCUT2D eigenvalue weighted by molar-refractivity contribution is 0.303. The molecule has 3 atom stereocenters. The van der Waals surface area contributed by atoms with Gasteiger partial charge in [-0.05, 0) is 55.5 Å². The zero-order valence-electron chi connectivity index (χ0n) is 16.9. The van der Waals surface area contributed by atoms with Crippen LogP contribution in [0.3, 0.4) is 0 Å². The van der Waals surface area contributed by atoms with Crippen molar-refractivity contribution in [2.45, 2.75) is 43.8 Å². The number of hydrogen-bond donors (Lipinski definition) is 2. The Hall–Kier alpha value is -3.19. The first kappa shape index (κ1) is 17.7. The lowest BCUT2D eigenvalue weighted by Crippen LogP contribution is -2.38. The Morgan fingerprint density at radius 1 is 1.03 bits per heavy atom. The highest BCUT2D eigenvalue weighted by Crippen LogP contribution is 2.37. The van der Waals surface area contributed by atoms with Gasteiger partial charge in [-0.25, -0.2) is 0 Å². The lowest BCUT2D eigenvalue weighted by atomic mass is 10.00. The van der Waals surface area contributed by atoms with Gasteiger partial charge in [0.15, 0.2) is 5.65 Å². The van der Waals surface area contributed by atoms with Gasteiger partial charge in [-0.3, -0.25) is 4.68 Å². The molecule has 0 spiro atoms. The Balaban J connectivity index is 1.33. The number of piperidine rings is 1. The first-order valence-corrected chi connectivity index (χ1v) is 10.6. The van der Waals surface area contributed by atoms with E-state index in [0.29, 0.717) is 29.4 Å². The summed E-state index contributed by atoms with van der Waals surface area (Å²) in [6.07, 6.45) is 10.7. The van der Waals surface area contributed by atoms with Crippen LogP contribution in [0, 0.1) is 0 Å². The minimum atomic E-state index is 0.194. The van der Waals surface area contributed by atoms with Gasteiger partial charge in [-0.2, -0.15) is 5.10 Å². The van der Waals surface area contributed by atoms with Crippen LogP contribution in [0.1, 0.15) is 31.7 Å². The zero-order valence-corrected chi connectivity index (χ0v) is 16.9. The maximum atomic E-state index is 10.7. The molecular weight excluding hydrogens is 376 g/mol. The topological polar surface area (TPSA) is 80.8 Å². The first-order chi connectivity index (χ1) is 14.6. The molecule has 30 heavy (non-hydrogen) atoms. The third-order valence-corrected chi connectivity index (χ3v) is 6.62. The number of fused-ring (bicyclic) bond motifs is 3. The highest BCUT2D eigenvalue weighted by molar-refractivity contribution is 5.82. The van der Waals surface area contributed by atoms with Crippen LogP contribution in [0.25, 0.3) is 33.4 Å². The second-order valence-electron chi connectivity index (χ2n) is 8.63. The molecule has 3 aromatic heterocycles. The Labute approximate surface area is 174 Å². The molecular formula is C23H24N6O. The molecule has 0 aliphatic carbocycles. The fourth-order valence-corrected chi connectivity index (χ4v) is 5.13. The van der Waals surface area contributed by atoms with Gasteiger partial charge >= 0.3 is 0 Å². The van der Waals surface area contributed by atoms with Crippen LogP contribution in [-0.2, 0) is 7.05 Å². The summed E-state index contributed by atoms with van der Waals surface area (Å²) in [6.45, 7) is 0. The molecule has 0 radical (unpaired) electrons. The number of aromatic hydroxyl groups is 1. The van der Waals surface area contributed by atoms with Gasteiger partial charge in [0, 0.05) is 54.1 Å². The summed E-state index contributed by atoms with van der Waals surface area (Å²) in [4.78, 5) is 0. The van der Waals surface area contributed by atoms with Gasteiger partial charge in [0.2, 0.25) is 0 Å².